The molecule has 0 heterocycles. The molecule has 0 amide bonds. The number of hydrogen-bond acceptors (Lipinski definition) is 2. The van der Waals surface area contributed by atoms with E-state index < -0.39 is 0 Å². The predicted molar refractivity (Wildman–Crippen MR) is 78.9 cm³/mol. The average molecular weight is 257 g/mol. The van der Waals surface area contributed by atoms with E-state index in [2.05, 4.69) is 24.3 Å². The van der Waals surface area contributed by atoms with E-state index in [1.54, 1.807) is 7.11 Å². The number of thiocarbonyl (C=S) groups is 1. The zero-order chi connectivity index (χ0) is 13.0. The largest absolute Gasteiger partial charge is 0.497 e. The molecule has 0 spiro atoms. The lowest BCUT2D eigenvalue weighted by molar-refractivity contribution is 0.415. The maximum atomic E-state index is 5.52. The molecular weight excluding hydrogens is 242 g/mol. The molecule has 0 unspecified atom stereocenters. The van der Waals surface area contributed by atoms with Crippen molar-refractivity contribution < 1.29 is 4.74 Å². The number of methoxy groups -OCH3 is 1. The second-order valence-electron chi connectivity index (χ2n) is 4.07. The quantitative estimate of drug-likeness (QED) is 0.854. The van der Waals surface area contributed by atoms with Crippen molar-refractivity contribution in [2.24, 2.45) is 5.73 Å². The SMILES string of the molecule is COc1ccc(-c2ccc(CC(N)=S)cc2)cc1. The summed E-state index contributed by atoms with van der Waals surface area (Å²) in [7, 11) is 1.67. The minimum absolute atomic E-state index is 0.521. The van der Waals surface area contributed by atoms with Gasteiger partial charge in [-0.15, -0.1) is 0 Å². The first-order valence-electron chi connectivity index (χ1n) is 5.71. The average Bonchev–Trinajstić information content (AvgIpc) is 2.39. The molecule has 0 aromatic heterocycles. The summed E-state index contributed by atoms with van der Waals surface area (Å²) >= 11 is 4.90. The molecule has 0 aliphatic heterocycles. The van der Waals surface area contributed by atoms with Gasteiger partial charge in [-0.3, -0.25) is 0 Å². The zero-order valence-corrected chi connectivity index (χ0v) is 11.0. The first-order valence-corrected chi connectivity index (χ1v) is 6.11. The molecular formula is C15H15NOS. The monoisotopic (exact) mass is 257 g/mol. The van der Waals surface area contributed by atoms with Crippen LogP contribution < -0.4 is 10.5 Å². The van der Waals surface area contributed by atoms with Gasteiger partial charge in [0.2, 0.25) is 0 Å². The fraction of sp³-hybridized carbons (Fsp3) is 0.133. The Morgan fingerprint density at radius 2 is 1.50 bits per heavy atom. The van der Waals surface area contributed by atoms with Crippen LogP contribution in [0.2, 0.25) is 0 Å². The molecule has 0 aliphatic carbocycles. The van der Waals surface area contributed by atoms with E-state index >= 15 is 0 Å². The van der Waals surface area contributed by atoms with Gasteiger partial charge in [-0.2, -0.15) is 0 Å². The summed E-state index contributed by atoms with van der Waals surface area (Å²) in [5.74, 6) is 0.865. The van der Waals surface area contributed by atoms with Crippen LogP contribution in [0.5, 0.6) is 5.75 Å². The molecule has 2 nitrogen and oxygen atoms in total. The summed E-state index contributed by atoms with van der Waals surface area (Å²) in [6.45, 7) is 0. The molecule has 2 aromatic carbocycles. The molecule has 0 saturated heterocycles. The minimum atomic E-state index is 0.521. The fourth-order valence-corrected chi connectivity index (χ4v) is 1.97. The van der Waals surface area contributed by atoms with Crippen LogP contribution in [-0.2, 0) is 6.42 Å². The van der Waals surface area contributed by atoms with Crippen LogP contribution in [0.25, 0.3) is 11.1 Å². The molecule has 0 radical (unpaired) electrons. The van der Waals surface area contributed by atoms with Gasteiger partial charge in [-0.1, -0.05) is 48.6 Å². The maximum absolute atomic E-state index is 5.52. The molecule has 2 aromatic rings. The highest BCUT2D eigenvalue weighted by molar-refractivity contribution is 7.80. The highest BCUT2D eigenvalue weighted by Crippen LogP contribution is 2.22. The molecule has 0 bridgehead atoms. The van der Waals surface area contributed by atoms with Crippen LogP contribution in [0.15, 0.2) is 48.5 Å². The summed E-state index contributed by atoms with van der Waals surface area (Å²) in [4.78, 5) is 0.521. The number of benzene rings is 2. The number of ether oxygens (including phenoxy) is 1. The summed E-state index contributed by atoms with van der Waals surface area (Å²) in [6, 6.07) is 16.3. The van der Waals surface area contributed by atoms with E-state index in [0.717, 1.165) is 16.9 Å². The van der Waals surface area contributed by atoms with Crippen LogP contribution in [0.4, 0.5) is 0 Å². The van der Waals surface area contributed by atoms with E-state index in [1.807, 2.05) is 24.3 Å². The van der Waals surface area contributed by atoms with Crippen LogP contribution in [0, 0.1) is 0 Å². The van der Waals surface area contributed by atoms with Crippen molar-refractivity contribution >= 4 is 17.2 Å². The molecule has 92 valence electrons. The summed E-state index contributed by atoms with van der Waals surface area (Å²) in [5.41, 5.74) is 9.00. The first kappa shape index (κ1) is 12.6. The third-order valence-electron chi connectivity index (χ3n) is 2.76. The lowest BCUT2D eigenvalue weighted by atomic mass is 10.0. The van der Waals surface area contributed by atoms with Crippen molar-refractivity contribution in [2.45, 2.75) is 6.42 Å². The summed E-state index contributed by atoms with van der Waals surface area (Å²) < 4.78 is 5.14. The standard InChI is InChI=1S/C15H15NOS/c1-17-14-8-6-13(7-9-14)12-4-2-11(3-5-12)10-15(16)18/h2-9H,10H2,1H3,(H2,16,18). The van der Waals surface area contributed by atoms with Gasteiger partial charge in [-0.25, -0.2) is 0 Å². The van der Waals surface area contributed by atoms with Gasteiger partial charge in [0.05, 0.1) is 12.1 Å². The fourth-order valence-electron chi connectivity index (χ4n) is 1.80. The van der Waals surface area contributed by atoms with Crippen molar-refractivity contribution in [2.75, 3.05) is 7.11 Å². The Morgan fingerprint density at radius 1 is 1.00 bits per heavy atom. The molecule has 2 rings (SSSR count). The topological polar surface area (TPSA) is 35.2 Å². The molecule has 0 aliphatic rings. The molecule has 18 heavy (non-hydrogen) atoms. The number of nitrogens with two attached hydrogens (primary N) is 1. The van der Waals surface area contributed by atoms with E-state index in [4.69, 9.17) is 22.7 Å². The van der Waals surface area contributed by atoms with Crippen molar-refractivity contribution in [1.29, 1.82) is 0 Å². The van der Waals surface area contributed by atoms with Crippen LogP contribution in [-0.4, -0.2) is 12.1 Å². The minimum Gasteiger partial charge on any atom is -0.497 e. The van der Waals surface area contributed by atoms with E-state index in [9.17, 15) is 0 Å². The molecule has 2 N–H and O–H groups in total. The van der Waals surface area contributed by atoms with E-state index in [1.165, 1.54) is 5.56 Å². The zero-order valence-electron chi connectivity index (χ0n) is 10.2. The van der Waals surface area contributed by atoms with Gasteiger partial charge in [-0.05, 0) is 28.8 Å². The highest BCUT2D eigenvalue weighted by atomic mass is 32.1. The lowest BCUT2D eigenvalue weighted by Gasteiger charge is -2.05. The van der Waals surface area contributed by atoms with E-state index in [0.29, 0.717) is 11.4 Å². The van der Waals surface area contributed by atoms with Gasteiger partial charge in [0.25, 0.3) is 0 Å². The molecule has 0 atom stereocenters. The summed E-state index contributed by atoms with van der Waals surface area (Å²) in [5, 5.41) is 0. The first-order chi connectivity index (χ1) is 8.69. The number of rotatable bonds is 4. The Balaban J connectivity index is 2.20. The van der Waals surface area contributed by atoms with Gasteiger partial charge >= 0.3 is 0 Å². The lowest BCUT2D eigenvalue weighted by Crippen LogP contribution is -2.10. The third kappa shape index (κ3) is 3.08. The smallest absolute Gasteiger partial charge is 0.118 e. The van der Waals surface area contributed by atoms with Crippen molar-refractivity contribution in [3.63, 3.8) is 0 Å². The number of hydrogen-bond donors (Lipinski definition) is 1. The Bertz CT molecular complexity index is 531. The Morgan fingerprint density at radius 3 is 1.94 bits per heavy atom. The van der Waals surface area contributed by atoms with Crippen molar-refractivity contribution in [3.8, 4) is 16.9 Å². The van der Waals surface area contributed by atoms with Gasteiger partial charge in [0, 0.05) is 6.42 Å². The van der Waals surface area contributed by atoms with Gasteiger partial charge in [0.15, 0.2) is 0 Å². The van der Waals surface area contributed by atoms with Crippen molar-refractivity contribution in [3.05, 3.63) is 54.1 Å². The second kappa shape index (κ2) is 5.65. The second-order valence-corrected chi connectivity index (χ2v) is 4.59. The van der Waals surface area contributed by atoms with Crippen molar-refractivity contribution in [1.82, 2.24) is 0 Å². The normalized spacial score (nSPS) is 10.1. The van der Waals surface area contributed by atoms with Crippen LogP contribution >= 0.6 is 12.2 Å². The third-order valence-corrected chi connectivity index (χ3v) is 2.90. The van der Waals surface area contributed by atoms with Gasteiger partial charge in [0.1, 0.15) is 5.75 Å². The molecule has 0 fully saturated rings. The summed E-state index contributed by atoms with van der Waals surface area (Å²) in [6.07, 6.45) is 0.651. The van der Waals surface area contributed by atoms with Gasteiger partial charge < -0.3 is 10.5 Å². The highest BCUT2D eigenvalue weighted by Gasteiger charge is 2.00. The molecule has 3 heteroatoms. The van der Waals surface area contributed by atoms with E-state index in [-0.39, 0.29) is 0 Å². The maximum Gasteiger partial charge on any atom is 0.118 e. The Kier molecular flexibility index (Phi) is 3.95. The Hall–Kier alpha value is -1.87. The Labute approximate surface area is 112 Å². The molecule has 0 saturated carbocycles. The van der Waals surface area contributed by atoms with Crippen LogP contribution in [0.1, 0.15) is 5.56 Å². The predicted octanol–water partition coefficient (Wildman–Crippen LogP) is 3.19. The van der Waals surface area contributed by atoms with Crippen LogP contribution in [0.3, 0.4) is 0 Å².